The number of carboxylic acid groups (broad SMARTS) is 1. The molecule has 2 heterocycles. The number of benzene rings is 2. The molecule has 53 heavy (non-hydrogen) atoms. The average Bonchev–Trinajstić information content (AvgIpc) is 3.26. The molecule has 6 atom stereocenters. The van der Waals surface area contributed by atoms with Crippen molar-refractivity contribution in [1.82, 2.24) is 9.97 Å². The zero-order chi connectivity index (χ0) is 37.8. The number of aromatic carboxylic acids is 1. The molecule has 7 rings (SSSR count). The first-order valence-electron chi connectivity index (χ1n) is 19.3. The fourth-order valence-corrected chi connectivity index (χ4v) is 12.5. The third-order valence-electron chi connectivity index (χ3n) is 13.2. The molecule has 4 aliphatic rings. The Morgan fingerprint density at radius 3 is 2.57 bits per heavy atom. The first kappa shape index (κ1) is 38.3. The summed E-state index contributed by atoms with van der Waals surface area (Å²) >= 11 is 6.48. The Bertz CT molecular complexity index is 1940. The van der Waals surface area contributed by atoms with E-state index >= 15 is 0 Å². The van der Waals surface area contributed by atoms with Crippen molar-refractivity contribution < 1.29 is 27.5 Å². The molecule has 0 bridgehead atoms. The second kappa shape index (κ2) is 14.6. The maximum absolute atomic E-state index is 13.8. The lowest BCUT2D eigenvalue weighted by atomic mass is 9.65. The van der Waals surface area contributed by atoms with Gasteiger partial charge in [0.1, 0.15) is 5.75 Å². The van der Waals surface area contributed by atoms with Crippen molar-refractivity contribution in [2.45, 2.75) is 119 Å². The summed E-state index contributed by atoms with van der Waals surface area (Å²) in [6, 6.07) is 13.1. The van der Waals surface area contributed by atoms with Gasteiger partial charge in [-0.1, -0.05) is 44.9 Å². The molecule has 2 aromatic carbocycles. The van der Waals surface area contributed by atoms with Gasteiger partial charge in [-0.25, -0.2) is 23.2 Å². The van der Waals surface area contributed by atoms with E-state index in [2.05, 4.69) is 60.9 Å². The Labute approximate surface area is 320 Å². The van der Waals surface area contributed by atoms with Crippen LogP contribution in [-0.2, 0) is 26.1 Å². The van der Waals surface area contributed by atoms with Crippen molar-refractivity contribution in [3.63, 3.8) is 0 Å². The van der Waals surface area contributed by atoms with Crippen LogP contribution in [0.4, 0.5) is 5.69 Å². The molecule has 3 aliphatic carbocycles. The molecule has 2 saturated carbocycles. The van der Waals surface area contributed by atoms with Gasteiger partial charge in [0.2, 0.25) is 15.0 Å². The quantitative estimate of drug-likeness (QED) is 0.168. The largest absolute Gasteiger partial charge is 0.490 e. The van der Waals surface area contributed by atoms with Gasteiger partial charge in [-0.15, -0.1) is 0 Å². The van der Waals surface area contributed by atoms with Crippen LogP contribution in [0.15, 0.2) is 60.0 Å². The van der Waals surface area contributed by atoms with Gasteiger partial charge in [0.25, 0.3) is 0 Å². The molecule has 0 radical (unpaired) electrons. The number of aryl methyl sites for hydroxylation is 1. The van der Waals surface area contributed by atoms with Crippen molar-refractivity contribution in [2.75, 3.05) is 24.6 Å². The van der Waals surface area contributed by atoms with Gasteiger partial charge in [0, 0.05) is 35.9 Å². The Balaban J connectivity index is 1.22. The molecule has 9 nitrogen and oxygen atoms in total. The van der Waals surface area contributed by atoms with E-state index in [0.29, 0.717) is 31.7 Å². The van der Waals surface area contributed by atoms with Gasteiger partial charge in [-0.3, -0.25) is 0 Å². The molecular formula is C41H54ClN3O6SSi. The normalized spacial score (nSPS) is 26.8. The molecule has 12 heteroatoms. The molecule has 3 aromatic rings. The Kier molecular flexibility index (Phi) is 10.5. The van der Waals surface area contributed by atoms with Crippen LogP contribution in [0.5, 0.6) is 5.75 Å². The number of carbonyl (C=O) groups is 1. The van der Waals surface area contributed by atoms with Crippen LogP contribution in [0.25, 0.3) is 0 Å². The van der Waals surface area contributed by atoms with Gasteiger partial charge >= 0.3 is 5.97 Å². The molecule has 1 N–H and O–H groups in total. The smallest absolute Gasteiger partial charge is 0.335 e. The summed E-state index contributed by atoms with van der Waals surface area (Å²) in [5.41, 5.74) is 3.32. The fraction of sp³-hybridized carbons (Fsp3) is 0.585. The minimum atomic E-state index is -3.69. The number of nitrogens with zero attached hydrogens (tertiary/aromatic N) is 3. The second-order valence-corrected chi connectivity index (χ2v) is 24.9. The number of anilines is 1. The SMILES string of the molecule is CC(C)(C)[Si](C)(C)O[C@H]([C@@H]1CCC[C@H](S(=O)(=O)c2ncccn2)C1)[C@@H]1CC[C@H]1CN1CC2(CCCc3cc(Cl)ccc32)COc2ccc(C(=O)O)cc21. The van der Waals surface area contributed by atoms with Gasteiger partial charge in [-0.2, -0.15) is 0 Å². The second-order valence-electron chi connectivity index (χ2n) is 17.6. The average molecular weight is 781 g/mol. The monoisotopic (exact) mass is 779 g/mol. The molecular weight excluding hydrogens is 726 g/mol. The molecule has 286 valence electrons. The van der Waals surface area contributed by atoms with E-state index in [1.165, 1.54) is 23.5 Å². The van der Waals surface area contributed by atoms with Crippen molar-refractivity contribution in [3.8, 4) is 5.75 Å². The van der Waals surface area contributed by atoms with E-state index in [1.807, 2.05) is 12.1 Å². The van der Waals surface area contributed by atoms with Crippen LogP contribution >= 0.6 is 11.6 Å². The Hall–Kier alpha value is -2.99. The summed E-state index contributed by atoms with van der Waals surface area (Å²) in [6.07, 6.45) is 10.8. The number of ether oxygens (including phenoxy) is 1. The van der Waals surface area contributed by atoms with E-state index in [0.717, 1.165) is 62.2 Å². The third-order valence-corrected chi connectivity index (χ3v) is 20.0. The van der Waals surface area contributed by atoms with E-state index in [1.54, 1.807) is 18.2 Å². The molecule has 1 aromatic heterocycles. The van der Waals surface area contributed by atoms with Crippen molar-refractivity contribution >= 4 is 41.4 Å². The van der Waals surface area contributed by atoms with Crippen LogP contribution in [0, 0.1) is 17.8 Å². The van der Waals surface area contributed by atoms with Crippen molar-refractivity contribution in [2.24, 2.45) is 17.8 Å². The van der Waals surface area contributed by atoms with Crippen LogP contribution in [-0.4, -0.2) is 68.8 Å². The van der Waals surface area contributed by atoms with E-state index < -0.39 is 29.4 Å². The predicted octanol–water partition coefficient (Wildman–Crippen LogP) is 8.75. The predicted molar refractivity (Wildman–Crippen MR) is 210 cm³/mol. The number of hydrogen-bond donors (Lipinski definition) is 1. The number of sulfone groups is 1. The highest BCUT2D eigenvalue weighted by Gasteiger charge is 2.50. The molecule has 0 saturated heterocycles. The minimum Gasteiger partial charge on any atom is -0.490 e. The van der Waals surface area contributed by atoms with E-state index in [-0.39, 0.29) is 45.0 Å². The molecule has 2 fully saturated rings. The Morgan fingerprint density at radius 2 is 1.87 bits per heavy atom. The van der Waals surface area contributed by atoms with Crippen LogP contribution in [0.3, 0.4) is 0 Å². The number of halogens is 1. The molecule has 1 unspecified atom stereocenters. The molecule has 0 amide bonds. The van der Waals surface area contributed by atoms with Gasteiger partial charge < -0.3 is 19.2 Å². The number of aromatic nitrogens is 2. The zero-order valence-electron chi connectivity index (χ0n) is 31.7. The first-order valence-corrected chi connectivity index (χ1v) is 24.1. The lowest BCUT2D eigenvalue weighted by Crippen LogP contribution is -2.54. The lowest BCUT2D eigenvalue weighted by Gasteiger charge is -2.52. The van der Waals surface area contributed by atoms with Crippen LogP contribution in [0.1, 0.15) is 93.6 Å². The summed E-state index contributed by atoms with van der Waals surface area (Å²) in [5.74, 6) is 0.364. The number of hydrogen-bond acceptors (Lipinski definition) is 8. The van der Waals surface area contributed by atoms with Gasteiger partial charge in [-0.05, 0) is 135 Å². The maximum atomic E-state index is 13.8. The number of fused-ring (bicyclic) bond motifs is 3. The number of carboxylic acids is 1. The van der Waals surface area contributed by atoms with Crippen molar-refractivity contribution in [3.05, 3.63) is 76.6 Å². The van der Waals surface area contributed by atoms with E-state index in [4.69, 9.17) is 20.8 Å². The molecule has 1 aliphatic heterocycles. The highest BCUT2D eigenvalue weighted by Crippen LogP contribution is 2.51. The Morgan fingerprint density at radius 1 is 1.09 bits per heavy atom. The highest BCUT2D eigenvalue weighted by molar-refractivity contribution is 7.91. The highest BCUT2D eigenvalue weighted by atomic mass is 35.5. The fourth-order valence-electron chi connectivity index (χ4n) is 9.18. The zero-order valence-corrected chi connectivity index (χ0v) is 34.3. The summed E-state index contributed by atoms with van der Waals surface area (Å²) in [5, 5.41) is 10.1. The molecule has 1 spiro atoms. The third kappa shape index (κ3) is 7.52. The number of rotatable bonds is 9. The summed E-state index contributed by atoms with van der Waals surface area (Å²) in [4.78, 5) is 22.9. The summed E-state index contributed by atoms with van der Waals surface area (Å²) < 4.78 is 41.7. The summed E-state index contributed by atoms with van der Waals surface area (Å²) in [6.45, 7) is 13.3. The first-order chi connectivity index (χ1) is 25.1. The standard InChI is InChI=1S/C41H54ClN3O6SSi/c1-40(2,3)53(4,5)51-37(28-9-6-11-32(22-28)52(48,49)39-43-19-8-20-44-39)33-15-12-30(33)24-45-25-41(18-7-10-27-21-31(42)14-16-34(27)41)26-50-36-17-13-29(38(46)47)23-35(36)45/h8,13-14,16-17,19-21,23,28,30,32-33,37H,6-7,9-12,15,18,22,24-26H2,1-5H3,(H,46,47)/t28-,30+,32+,33-,37-,41?/m1/s1. The topological polar surface area (TPSA) is 119 Å². The van der Waals surface area contributed by atoms with Gasteiger partial charge in [0.15, 0.2) is 8.32 Å². The summed E-state index contributed by atoms with van der Waals surface area (Å²) in [7, 11) is -5.94. The lowest BCUT2D eigenvalue weighted by molar-refractivity contribution is -0.0227. The van der Waals surface area contributed by atoms with E-state index in [9.17, 15) is 18.3 Å². The van der Waals surface area contributed by atoms with Crippen LogP contribution < -0.4 is 9.64 Å². The maximum Gasteiger partial charge on any atom is 0.335 e. The van der Waals surface area contributed by atoms with Crippen LogP contribution in [0.2, 0.25) is 23.2 Å². The van der Waals surface area contributed by atoms with Gasteiger partial charge in [0.05, 0.1) is 29.2 Å². The van der Waals surface area contributed by atoms with Crippen molar-refractivity contribution in [1.29, 1.82) is 0 Å². The minimum absolute atomic E-state index is 0.0134.